The highest BCUT2D eigenvalue weighted by Crippen LogP contribution is 2.29. The highest BCUT2D eigenvalue weighted by Gasteiger charge is 2.18. The lowest BCUT2D eigenvalue weighted by molar-refractivity contribution is 0.312. The topological polar surface area (TPSA) is 6.48 Å². The summed E-state index contributed by atoms with van der Waals surface area (Å²) in [5, 5.41) is 0. The molecule has 0 aliphatic carbocycles. The van der Waals surface area contributed by atoms with Crippen molar-refractivity contribution in [3.05, 3.63) is 29.8 Å². The van der Waals surface area contributed by atoms with E-state index in [0.29, 0.717) is 5.92 Å². The van der Waals surface area contributed by atoms with Crippen LogP contribution in [0.3, 0.4) is 0 Å². The van der Waals surface area contributed by atoms with Crippen molar-refractivity contribution in [2.75, 3.05) is 38.1 Å². The molecule has 1 aliphatic rings. The Morgan fingerprint density at radius 3 is 2.65 bits per heavy atom. The zero-order valence-electron chi connectivity index (χ0n) is 11.2. The predicted octanol–water partition coefficient (Wildman–Crippen LogP) is 2.75. The molecule has 1 aromatic carbocycles. The Balaban J connectivity index is 2.19. The molecule has 0 amide bonds. The van der Waals surface area contributed by atoms with Crippen LogP contribution in [0.5, 0.6) is 0 Å². The molecule has 0 aromatic heterocycles. The fourth-order valence-electron chi connectivity index (χ4n) is 2.39. The van der Waals surface area contributed by atoms with Gasteiger partial charge in [-0.1, -0.05) is 26.0 Å². The number of benzene rings is 1. The molecule has 1 atom stereocenters. The number of hydrogen-bond acceptors (Lipinski definition) is 2. The summed E-state index contributed by atoms with van der Waals surface area (Å²) in [5.74, 6) is 0.638. The number of rotatable bonds is 3. The number of hydrogen-bond donors (Lipinski definition) is 0. The van der Waals surface area contributed by atoms with E-state index in [2.05, 4.69) is 48.9 Å². The van der Waals surface area contributed by atoms with Gasteiger partial charge in [0, 0.05) is 31.9 Å². The Morgan fingerprint density at radius 1 is 1.29 bits per heavy atom. The van der Waals surface area contributed by atoms with Crippen molar-refractivity contribution in [3.63, 3.8) is 0 Å². The van der Waals surface area contributed by atoms with Gasteiger partial charge in [0.2, 0.25) is 0 Å². The molecule has 0 bridgehead atoms. The molecule has 0 saturated carbocycles. The Bertz CT molecular complexity index is 354. The molecular formula is C15H23N2. The molecular weight excluding hydrogens is 208 g/mol. The first kappa shape index (κ1) is 12.4. The van der Waals surface area contributed by atoms with Crippen LogP contribution in [0.15, 0.2) is 18.2 Å². The fourth-order valence-corrected chi connectivity index (χ4v) is 2.39. The van der Waals surface area contributed by atoms with Gasteiger partial charge in [0.05, 0.1) is 0 Å². The Morgan fingerprint density at radius 2 is 2.00 bits per heavy atom. The van der Waals surface area contributed by atoms with Gasteiger partial charge in [-0.15, -0.1) is 0 Å². The maximum Gasteiger partial charge on any atom is 0.0408 e. The van der Waals surface area contributed by atoms with Crippen molar-refractivity contribution in [3.8, 4) is 0 Å². The van der Waals surface area contributed by atoms with Gasteiger partial charge in [-0.3, -0.25) is 0 Å². The lowest BCUT2D eigenvalue weighted by Crippen LogP contribution is -2.44. The fraction of sp³-hybridized carbons (Fsp3) is 0.600. The monoisotopic (exact) mass is 231 g/mol. The lowest BCUT2D eigenvalue weighted by atomic mass is 9.96. The molecule has 1 unspecified atom stereocenters. The third kappa shape index (κ3) is 2.81. The van der Waals surface area contributed by atoms with Gasteiger partial charge in [0.1, 0.15) is 0 Å². The summed E-state index contributed by atoms with van der Waals surface area (Å²) >= 11 is 0. The van der Waals surface area contributed by atoms with Crippen molar-refractivity contribution in [1.29, 1.82) is 0 Å². The van der Waals surface area contributed by atoms with Crippen molar-refractivity contribution < 1.29 is 0 Å². The normalized spacial score (nSPS) is 19.4. The Hall–Kier alpha value is -1.02. The summed E-state index contributed by atoms with van der Waals surface area (Å²) < 4.78 is 0. The highest BCUT2D eigenvalue weighted by atomic mass is 15.2. The van der Waals surface area contributed by atoms with Crippen LogP contribution in [0.2, 0.25) is 0 Å². The van der Waals surface area contributed by atoms with Gasteiger partial charge < -0.3 is 9.80 Å². The molecule has 0 spiro atoms. The van der Waals surface area contributed by atoms with E-state index in [1.807, 2.05) is 6.07 Å². The van der Waals surface area contributed by atoms with Gasteiger partial charge in [0.15, 0.2) is 0 Å². The Kier molecular flexibility index (Phi) is 4.06. The van der Waals surface area contributed by atoms with Crippen molar-refractivity contribution in [2.24, 2.45) is 0 Å². The molecule has 2 nitrogen and oxygen atoms in total. The van der Waals surface area contributed by atoms with Crippen LogP contribution in [0, 0.1) is 6.07 Å². The summed E-state index contributed by atoms with van der Waals surface area (Å²) in [6.45, 7) is 9.17. The van der Waals surface area contributed by atoms with Crippen LogP contribution in [0.1, 0.15) is 31.7 Å². The smallest absolute Gasteiger partial charge is 0.0408 e. The molecule has 0 N–H and O–H groups in total. The third-order valence-corrected chi connectivity index (χ3v) is 3.86. The standard InChI is InChI=1S/C15H23N2/c1-4-13(2)14-7-5-6-8-15(14)17-11-9-16(3)10-12-17/h5,7-8,13H,4,9-12H2,1-3H3. The third-order valence-electron chi connectivity index (χ3n) is 3.86. The molecule has 1 radical (unpaired) electrons. The summed E-state index contributed by atoms with van der Waals surface area (Å²) in [5.41, 5.74) is 2.88. The maximum atomic E-state index is 3.23. The zero-order chi connectivity index (χ0) is 12.3. The quantitative estimate of drug-likeness (QED) is 0.789. The first-order valence-corrected chi connectivity index (χ1v) is 6.66. The van der Waals surface area contributed by atoms with Crippen LogP contribution in [0.4, 0.5) is 5.69 Å². The van der Waals surface area contributed by atoms with Crippen molar-refractivity contribution >= 4 is 5.69 Å². The zero-order valence-corrected chi connectivity index (χ0v) is 11.2. The molecule has 2 rings (SSSR count). The van der Waals surface area contributed by atoms with Crippen LogP contribution in [0.25, 0.3) is 0 Å². The minimum Gasteiger partial charge on any atom is -0.369 e. The molecule has 1 saturated heterocycles. The number of likely N-dealkylation sites (N-methyl/N-ethyl adjacent to an activating group) is 1. The van der Waals surface area contributed by atoms with Gasteiger partial charge in [-0.2, -0.15) is 0 Å². The first-order valence-electron chi connectivity index (χ1n) is 6.66. The average Bonchev–Trinajstić information content (AvgIpc) is 2.39. The van der Waals surface area contributed by atoms with Crippen molar-refractivity contribution in [1.82, 2.24) is 4.90 Å². The molecule has 1 fully saturated rings. The number of piperazine rings is 1. The lowest BCUT2D eigenvalue weighted by Gasteiger charge is -2.35. The van der Waals surface area contributed by atoms with Crippen LogP contribution < -0.4 is 4.90 Å². The van der Waals surface area contributed by atoms with E-state index in [1.54, 1.807) is 0 Å². The first-order chi connectivity index (χ1) is 8.22. The highest BCUT2D eigenvalue weighted by molar-refractivity contribution is 5.55. The largest absolute Gasteiger partial charge is 0.369 e. The summed E-state index contributed by atoms with van der Waals surface area (Å²) in [6.07, 6.45) is 1.20. The molecule has 17 heavy (non-hydrogen) atoms. The Labute approximate surface area is 105 Å². The van der Waals surface area contributed by atoms with Crippen LogP contribution >= 0.6 is 0 Å². The van der Waals surface area contributed by atoms with E-state index >= 15 is 0 Å². The van der Waals surface area contributed by atoms with Crippen LogP contribution in [-0.4, -0.2) is 38.1 Å². The summed E-state index contributed by atoms with van der Waals surface area (Å²) in [7, 11) is 2.20. The van der Waals surface area contributed by atoms with Gasteiger partial charge in [-0.25, -0.2) is 0 Å². The number of anilines is 1. The average molecular weight is 231 g/mol. The van der Waals surface area contributed by atoms with E-state index in [0.717, 1.165) is 26.2 Å². The SMILES string of the molecule is CCC(C)c1cc[c]cc1N1CCN(C)CC1. The summed E-state index contributed by atoms with van der Waals surface area (Å²) in [4.78, 5) is 4.91. The number of nitrogens with zero attached hydrogens (tertiary/aromatic N) is 2. The van der Waals surface area contributed by atoms with Gasteiger partial charge in [-0.05, 0) is 37.1 Å². The van der Waals surface area contributed by atoms with E-state index < -0.39 is 0 Å². The predicted molar refractivity (Wildman–Crippen MR) is 73.7 cm³/mol. The van der Waals surface area contributed by atoms with Gasteiger partial charge >= 0.3 is 0 Å². The van der Waals surface area contributed by atoms with E-state index in [4.69, 9.17) is 0 Å². The molecule has 2 heteroatoms. The second-order valence-corrected chi connectivity index (χ2v) is 5.08. The van der Waals surface area contributed by atoms with Crippen LogP contribution in [-0.2, 0) is 0 Å². The second kappa shape index (κ2) is 5.54. The molecule has 1 heterocycles. The maximum absolute atomic E-state index is 3.23. The second-order valence-electron chi connectivity index (χ2n) is 5.08. The minimum atomic E-state index is 0.638. The molecule has 1 aliphatic heterocycles. The van der Waals surface area contributed by atoms with E-state index in [9.17, 15) is 0 Å². The van der Waals surface area contributed by atoms with E-state index in [1.165, 1.54) is 17.7 Å². The van der Waals surface area contributed by atoms with Gasteiger partial charge in [0.25, 0.3) is 0 Å². The summed E-state index contributed by atoms with van der Waals surface area (Å²) in [6, 6.07) is 9.67. The molecule has 93 valence electrons. The molecule has 1 aromatic rings. The van der Waals surface area contributed by atoms with E-state index in [-0.39, 0.29) is 0 Å². The van der Waals surface area contributed by atoms with Crippen molar-refractivity contribution in [2.45, 2.75) is 26.2 Å². The minimum absolute atomic E-state index is 0.638.